The minimum absolute atomic E-state index is 0.154. The standard InChI is InChI=1S/C14H20ClNO2/c1-10-5-7-14(9-15,8-6-10)16-13(17)12-4-3-11(2)18-12/h3-4,10H,5-9H2,1-2H3,(H,16,17). The first-order valence-electron chi connectivity index (χ1n) is 6.49. The molecule has 4 heteroatoms. The number of halogens is 1. The highest BCUT2D eigenvalue weighted by molar-refractivity contribution is 6.18. The van der Waals surface area contributed by atoms with Crippen LogP contribution in [0, 0.1) is 12.8 Å². The van der Waals surface area contributed by atoms with E-state index in [0.29, 0.717) is 11.6 Å². The lowest BCUT2D eigenvalue weighted by Crippen LogP contribution is -2.52. The largest absolute Gasteiger partial charge is 0.456 e. The summed E-state index contributed by atoms with van der Waals surface area (Å²) < 4.78 is 5.34. The first kappa shape index (κ1) is 13.5. The molecule has 0 aliphatic heterocycles. The van der Waals surface area contributed by atoms with Crippen LogP contribution in [0.2, 0.25) is 0 Å². The molecular formula is C14H20ClNO2. The van der Waals surface area contributed by atoms with E-state index in [1.165, 1.54) is 0 Å². The lowest BCUT2D eigenvalue weighted by Gasteiger charge is -2.38. The quantitative estimate of drug-likeness (QED) is 0.854. The molecule has 0 spiro atoms. The second-order valence-corrected chi connectivity index (χ2v) is 5.73. The molecule has 0 bridgehead atoms. The summed E-state index contributed by atoms with van der Waals surface area (Å²) in [6, 6.07) is 3.50. The molecule has 1 fully saturated rings. The van der Waals surface area contributed by atoms with Crippen LogP contribution in [0.5, 0.6) is 0 Å². The lowest BCUT2D eigenvalue weighted by molar-refractivity contribution is 0.0842. The zero-order chi connectivity index (χ0) is 13.2. The molecule has 1 amide bonds. The van der Waals surface area contributed by atoms with Crippen molar-refractivity contribution < 1.29 is 9.21 Å². The average molecular weight is 270 g/mol. The molecule has 100 valence electrons. The fraction of sp³-hybridized carbons (Fsp3) is 0.643. The molecule has 0 saturated heterocycles. The predicted molar refractivity (Wildman–Crippen MR) is 72.0 cm³/mol. The van der Waals surface area contributed by atoms with E-state index in [2.05, 4.69) is 12.2 Å². The normalized spacial score (nSPS) is 28.1. The monoisotopic (exact) mass is 269 g/mol. The van der Waals surface area contributed by atoms with Gasteiger partial charge in [-0.05, 0) is 50.7 Å². The third-order valence-electron chi connectivity index (χ3n) is 3.83. The number of amides is 1. The van der Waals surface area contributed by atoms with Crippen LogP contribution in [0.3, 0.4) is 0 Å². The maximum atomic E-state index is 12.1. The highest BCUT2D eigenvalue weighted by atomic mass is 35.5. The number of aryl methyl sites for hydroxylation is 1. The average Bonchev–Trinajstić information content (AvgIpc) is 2.79. The Morgan fingerprint density at radius 3 is 2.67 bits per heavy atom. The highest BCUT2D eigenvalue weighted by Crippen LogP contribution is 2.33. The predicted octanol–water partition coefficient (Wildman–Crippen LogP) is 3.51. The van der Waals surface area contributed by atoms with E-state index < -0.39 is 0 Å². The van der Waals surface area contributed by atoms with Crippen LogP contribution in [-0.4, -0.2) is 17.3 Å². The van der Waals surface area contributed by atoms with Crippen molar-refractivity contribution in [1.29, 1.82) is 0 Å². The number of hydrogen-bond donors (Lipinski definition) is 1. The Balaban J connectivity index is 2.04. The zero-order valence-corrected chi connectivity index (χ0v) is 11.7. The summed E-state index contributed by atoms with van der Waals surface area (Å²) in [4.78, 5) is 12.1. The summed E-state index contributed by atoms with van der Waals surface area (Å²) >= 11 is 6.08. The Labute approximate surface area is 113 Å². The van der Waals surface area contributed by atoms with Crippen molar-refractivity contribution in [1.82, 2.24) is 5.32 Å². The molecule has 1 heterocycles. The van der Waals surface area contributed by atoms with Gasteiger partial charge < -0.3 is 9.73 Å². The maximum absolute atomic E-state index is 12.1. The van der Waals surface area contributed by atoms with Gasteiger partial charge in [0.15, 0.2) is 5.76 Å². The molecule has 0 unspecified atom stereocenters. The van der Waals surface area contributed by atoms with E-state index >= 15 is 0 Å². The topological polar surface area (TPSA) is 42.2 Å². The van der Waals surface area contributed by atoms with E-state index in [1.54, 1.807) is 12.1 Å². The molecule has 1 aromatic heterocycles. The SMILES string of the molecule is Cc1ccc(C(=O)NC2(CCl)CCC(C)CC2)o1. The van der Waals surface area contributed by atoms with Crippen molar-refractivity contribution in [2.75, 3.05) is 5.88 Å². The maximum Gasteiger partial charge on any atom is 0.287 e. The van der Waals surface area contributed by atoms with Gasteiger partial charge in [-0.1, -0.05) is 6.92 Å². The first-order chi connectivity index (χ1) is 8.54. The number of nitrogens with one attached hydrogen (secondary N) is 1. The van der Waals surface area contributed by atoms with Crippen molar-refractivity contribution in [3.05, 3.63) is 23.7 Å². The van der Waals surface area contributed by atoms with Crippen LogP contribution >= 0.6 is 11.6 Å². The number of alkyl halides is 1. The molecule has 1 saturated carbocycles. The van der Waals surface area contributed by atoms with Gasteiger partial charge in [0.25, 0.3) is 5.91 Å². The van der Waals surface area contributed by atoms with E-state index in [0.717, 1.165) is 37.4 Å². The minimum atomic E-state index is -0.258. The zero-order valence-electron chi connectivity index (χ0n) is 11.0. The third kappa shape index (κ3) is 2.89. The molecule has 18 heavy (non-hydrogen) atoms. The molecule has 3 nitrogen and oxygen atoms in total. The van der Waals surface area contributed by atoms with Gasteiger partial charge in [0, 0.05) is 5.88 Å². The Hall–Kier alpha value is -0.960. The van der Waals surface area contributed by atoms with Crippen LogP contribution in [-0.2, 0) is 0 Å². The molecule has 1 aliphatic carbocycles. The number of furan rings is 1. The van der Waals surface area contributed by atoms with Gasteiger partial charge in [-0.2, -0.15) is 0 Å². The second-order valence-electron chi connectivity index (χ2n) is 5.46. The molecule has 1 aromatic rings. The minimum Gasteiger partial charge on any atom is -0.456 e. The summed E-state index contributed by atoms with van der Waals surface area (Å²) in [7, 11) is 0. The van der Waals surface area contributed by atoms with Crippen LogP contribution in [0.25, 0.3) is 0 Å². The van der Waals surface area contributed by atoms with Gasteiger partial charge in [-0.3, -0.25) is 4.79 Å². The number of hydrogen-bond acceptors (Lipinski definition) is 2. The molecule has 2 rings (SSSR count). The summed E-state index contributed by atoms with van der Waals surface area (Å²) in [6.07, 6.45) is 4.13. The number of carbonyl (C=O) groups excluding carboxylic acids is 1. The van der Waals surface area contributed by atoms with E-state index in [-0.39, 0.29) is 11.4 Å². The van der Waals surface area contributed by atoms with Gasteiger partial charge in [0.05, 0.1) is 5.54 Å². The van der Waals surface area contributed by atoms with Crippen LogP contribution in [0.1, 0.15) is 48.9 Å². The fourth-order valence-corrected chi connectivity index (χ4v) is 2.80. The molecule has 0 atom stereocenters. The number of carbonyl (C=O) groups is 1. The summed E-state index contributed by atoms with van der Waals surface area (Å²) in [5.74, 6) is 2.15. The van der Waals surface area contributed by atoms with Crippen LogP contribution in [0.15, 0.2) is 16.5 Å². The van der Waals surface area contributed by atoms with Gasteiger partial charge >= 0.3 is 0 Å². The van der Waals surface area contributed by atoms with Gasteiger partial charge in [0.2, 0.25) is 0 Å². The second kappa shape index (κ2) is 5.35. The Bertz CT molecular complexity index is 419. The van der Waals surface area contributed by atoms with Gasteiger partial charge in [-0.25, -0.2) is 0 Å². The van der Waals surface area contributed by atoms with Crippen molar-refractivity contribution >= 4 is 17.5 Å². The lowest BCUT2D eigenvalue weighted by atomic mass is 9.78. The van der Waals surface area contributed by atoms with E-state index in [1.807, 2.05) is 6.92 Å². The first-order valence-corrected chi connectivity index (χ1v) is 7.03. The molecule has 1 N–H and O–H groups in total. The molecular weight excluding hydrogens is 250 g/mol. The smallest absolute Gasteiger partial charge is 0.287 e. The molecule has 0 radical (unpaired) electrons. The van der Waals surface area contributed by atoms with E-state index in [9.17, 15) is 4.79 Å². The highest BCUT2D eigenvalue weighted by Gasteiger charge is 2.35. The summed E-state index contributed by atoms with van der Waals surface area (Å²) in [5, 5.41) is 3.07. The van der Waals surface area contributed by atoms with Crippen molar-refractivity contribution in [3.63, 3.8) is 0 Å². The number of rotatable bonds is 3. The van der Waals surface area contributed by atoms with Crippen molar-refractivity contribution in [2.24, 2.45) is 5.92 Å². The summed E-state index contributed by atoms with van der Waals surface area (Å²) in [5.41, 5.74) is -0.258. The third-order valence-corrected chi connectivity index (χ3v) is 4.34. The van der Waals surface area contributed by atoms with Gasteiger partial charge in [0.1, 0.15) is 5.76 Å². The molecule has 0 aromatic carbocycles. The Kier molecular flexibility index (Phi) is 4.00. The Morgan fingerprint density at radius 1 is 1.50 bits per heavy atom. The Morgan fingerprint density at radius 2 is 2.17 bits per heavy atom. The molecule has 1 aliphatic rings. The van der Waals surface area contributed by atoms with E-state index in [4.69, 9.17) is 16.0 Å². The fourth-order valence-electron chi connectivity index (χ4n) is 2.47. The van der Waals surface area contributed by atoms with Crippen molar-refractivity contribution in [2.45, 2.75) is 45.1 Å². The van der Waals surface area contributed by atoms with Gasteiger partial charge in [-0.15, -0.1) is 11.6 Å². The van der Waals surface area contributed by atoms with Crippen LogP contribution in [0.4, 0.5) is 0 Å². The van der Waals surface area contributed by atoms with Crippen LogP contribution < -0.4 is 5.32 Å². The summed E-state index contributed by atoms with van der Waals surface area (Å²) in [6.45, 7) is 4.08. The van der Waals surface area contributed by atoms with Crippen molar-refractivity contribution in [3.8, 4) is 0 Å².